The van der Waals surface area contributed by atoms with E-state index < -0.39 is 0 Å². The number of fused-ring (bicyclic) bond motifs is 1. The molecular formula is C17H19N5O. The zero-order valence-corrected chi connectivity index (χ0v) is 13.1. The Morgan fingerprint density at radius 1 is 1.30 bits per heavy atom. The lowest BCUT2D eigenvalue weighted by Crippen LogP contribution is -2.19. The molecule has 1 aliphatic rings. The molecule has 0 aliphatic carbocycles. The molecule has 4 rings (SSSR count). The van der Waals surface area contributed by atoms with Crippen LogP contribution >= 0.6 is 0 Å². The van der Waals surface area contributed by atoms with E-state index in [4.69, 9.17) is 4.74 Å². The highest BCUT2D eigenvalue weighted by Gasteiger charge is 2.20. The van der Waals surface area contributed by atoms with E-state index in [1.807, 2.05) is 37.6 Å². The Morgan fingerprint density at radius 2 is 2.26 bits per heavy atom. The number of hydrogen-bond donors (Lipinski definition) is 0. The van der Waals surface area contributed by atoms with Crippen molar-refractivity contribution < 1.29 is 4.74 Å². The van der Waals surface area contributed by atoms with Crippen molar-refractivity contribution >= 4 is 11.5 Å². The minimum atomic E-state index is 0.390. The smallest absolute Gasteiger partial charge is 0.136 e. The van der Waals surface area contributed by atoms with Crippen molar-refractivity contribution in [1.82, 2.24) is 19.4 Å². The van der Waals surface area contributed by atoms with Crippen LogP contribution in [0.25, 0.3) is 5.65 Å². The number of pyridine rings is 1. The number of ether oxygens (including phenoxy) is 1. The van der Waals surface area contributed by atoms with Crippen molar-refractivity contribution in [2.75, 3.05) is 25.2 Å². The first kappa shape index (κ1) is 14.1. The maximum Gasteiger partial charge on any atom is 0.136 e. The summed E-state index contributed by atoms with van der Waals surface area (Å²) in [4.78, 5) is 15.4. The van der Waals surface area contributed by atoms with E-state index in [2.05, 4.69) is 30.3 Å². The largest absolute Gasteiger partial charge is 0.381 e. The molecular weight excluding hydrogens is 290 g/mol. The van der Waals surface area contributed by atoms with Crippen molar-refractivity contribution in [3.63, 3.8) is 0 Å². The summed E-state index contributed by atoms with van der Waals surface area (Å²) in [5.41, 5.74) is 3.16. The van der Waals surface area contributed by atoms with E-state index in [1.165, 1.54) is 0 Å². The number of aromatic nitrogens is 4. The van der Waals surface area contributed by atoms with E-state index in [1.54, 1.807) is 6.33 Å². The van der Waals surface area contributed by atoms with Gasteiger partial charge < -0.3 is 14.0 Å². The van der Waals surface area contributed by atoms with Gasteiger partial charge in [-0.15, -0.1) is 0 Å². The monoisotopic (exact) mass is 309 g/mol. The molecule has 0 N–H and O–H groups in total. The number of imidazole rings is 1. The molecule has 1 aliphatic heterocycles. The van der Waals surface area contributed by atoms with Crippen molar-refractivity contribution in [2.45, 2.75) is 18.9 Å². The maximum absolute atomic E-state index is 5.46. The third-order valence-electron chi connectivity index (χ3n) is 4.31. The Balaban J connectivity index is 1.57. The topological polar surface area (TPSA) is 55.6 Å². The quantitative estimate of drug-likeness (QED) is 0.740. The molecule has 0 bridgehead atoms. The molecule has 6 heteroatoms. The Morgan fingerprint density at radius 3 is 3.13 bits per heavy atom. The maximum atomic E-state index is 5.46. The van der Waals surface area contributed by atoms with Gasteiger partial charge in [0.2, 0.25) is 0 Å². The molecule has 0 aromatic carbocycles. The number of nitrogens with zero attached hydrogens (tertiary/aromatic N) is 5. The lowest BCUT2D eigenvalue weighted by Gasteiger charge is -2.19. The summed E-state index contributed by atoms with van der Waals surface area (Å²) in [6.07, 6.45) is 6.63. The third-order valence-corrected chi connectivity index (χ3v) is 4.31. The zero-order chi connectivity index (χ0) is 15.6. The van der Waals surface area contributed by atoms with E-state index >= 15 is 0 Å². The molecule has 23 heavy (non-hydrogen) atoms. The van der Waals surface area contributed by atoms with Gasteiger partial charge in [-0.1, -0.05) is 6.07 Å². The fourth-order valence-electron chi connectivity index (χ4n) is 2.99. The first-order valence-corrected chi connectivity index (χ1v) is 7.83. The number of rotatable bonds is 4. The summed E-state index contributed by atoms with van der Waals surface area (Å²) in [5, 5.41) is 0. The van der Waals surface area contributed by atoms with E-state index in [9.17, 15) is 0 Å². The minimum Gasteiger partial charge on any atom is -0.381 e. The molecule has 1 saturated heterocycles. The molecule has 0 saturated carbocycles. The third kappa shape index (κ3) is 2.77. The zero-order valence-electron chi connectivity index (χ0n) is 13.1. The van der Waals surface area contributed by atoms with Crippen LogP contribution in [0.4, 0.5) is 5.82 Å². The molecule has 1 fully saturated rings. The van der Waals surface area contributed by atoms with E-state index in [-0.39, 0.29) is 0 Å². The molecule has 4 heterocycles. The predicted octanol–water partition coefficient (Wildman–Crippen LogP) is 2.26. The molecule has 118 valence electrons. The van der Waals surface area contributed by atoms with Crippen LogP contribution in [0.15, 0.2) is 43.0 Å². The second-order valence-electron chi connectivity index (χ2n) is 5.90. The van der Waals surface area contributed by atoms with Crippen LogP contribution in [-0.2, 0) is 11.3 Å². The minimum absolute atomic E-state index is 0.390. The van der Waals surface area contributed by atoms with E-state index in [0.717, 1.165) is 49.0 Å². The van der Waals surface area contributed by atoms with Gasteiger partial charge in [0.15, 0.2) is 0 Å². The number of hydrogen-bond acceptors (Lipinski definition) is 5. The Labute approximate surface area is 134 Å². The first-order valence-electron chi connectivity index (χ1n) is 7.83. The van der Waals surface area contributed by atoms with Crippen LogP contribution in [0.1, 0.15) is 23.7 Å². The average Bonchev–Trinajstić information content (AvgIpc) is 3.25. The van der Waals surface area contributed by atoms with E-state index in [0.29, 0.717) is 5.92 Å². The van der Waals surface area contributed by atoms with Gasteiger partial charge in [-0.25, -0.2) is 15.0 Å². The average molecular weight is 309 g/mol. The highest BCUT2D eigenvalue weighted by molar-refractivity contribution is 5.43. The van der Waals surface area contributed by atoms with Crippen LogP contribution in [0.2, 0.25) is 0 Å². The Kier molecular flexibility index (Phi) is 3.67. The molecule has 3 aromatic rings. The van der Waals surface area contributed by atoms with Crippen LogP contribution in [0, 0.1) is 0 Å². The summed E-state index contributed by atoms with van der Waals surface area (Å²) in [7, 11) is 2.04. The van der Waals surface area contributed by atoms with Crippen molar-refractivity contribution in [3.8, 4) is 0 Å². The van der Waals surface area contributed by atoms with Crippen LogP contribution < -0.4 is 4.90 Å². The Hall–Kier alpha value is -2.47. The van der Waals surface area contributed by atoms with Gasteiger partial charge in [-0.2, -0.15) is 0 Å². The second kappa shape index (κ2) is 5.96. The lowest BCUT2D eigenvalue weighted by atomic mass is 10.0. The van der Waals surface area contributed by atoms with Gasteiger partial charge in [0.1, 0.15) is 17.8 Å². The molecule has 0 radical (unpaired) electrons. The lowest BCUT2D eigenvalue weighted by molar-refractivity contribution is 0.193. The van der Waals surface area contributed by atoms with Gasteiger partial charge >= 0.3 is 0 Å². The Bertz CT molecular complexity index is 809. The molecule has 3 aromatic heterocycles. The van der Waals surface area contributed by atoms with Crippen molar-refractivity contribution in [3.05, 3.63) is 54.4 Å². The summed E-state index contributed by atoms with van der Waals surface area (Å²) < 4.78 is 7.56. The first-order chi connectivity index (χ1) is 11.3. The normalized spacial score (nSPS) is 17.7. The molecule has 0 amide bonds. The fraction of sp³-hybridized carbons (Fsp3) is 0.353. The molecule has 6 nitrogen and oxygen atoms in total. The van der Waals surface area contributed by atoms with Crippen molar-refractivity contribution in [1.29, 1.82) is 0 Å². The standard InChI is InChI=1S/C17H19N5O/c1-21(10-14-9-18-16-4-2-3-6-22(14)16)17-8-15(19-12-20-17)13-5-7-23-11-13/h2-4,6,8-9,12-13H,5,7,10-11H2,1H3/t13-/m1/s1. The fourth-order valence-corrected chi connectivity index (χ4v) is 2.99. The van der Waals surface area contributed by atoms with Crippen molar-refractivity contribution in [2.24, 2.45) is 0 Å². The SMILES string of the molecule is CN(Cc1cnc2ccccn12)c1cc([C@@H]2CCOC2)ncn1. The highest BCUT2D eigenvalue weighted by Crippen LogP contribution is 2.25. The summed E-state index contributed by atoms with van der Waals surface area (Å²) in [6.45, 7) is 2.32. The van der Waals surface area contributed by atoms with Crippen LogP contribution in [-0.4, -0.2) is 39.6 Å². The van der Waals surface area contributed by atoms with Gasteiger partial charge in [-0.05, 0) is 18.6 Å². The van der Waals surface area contributed by atoms with Crippen LogP contribution in [0.5, 0.6) is 0 Å². The predicted molar refractivity (Wildman–Crippen MR) is 87.5 cm³/mol. The molecule has 0 unspecified atom stereocenters. The summed E-state index contributed by atoms with van der Waals surface area (Å²) >= 11 is 0. The van der Waals surface area contributed by atoms with Gasteiger partial charge in [0.05, 0.1) is 30.7 Å². The number of anilines is 1. The summed E-state index contributed by atoms with van der Waals surface area (Å²) in [5.74, 6) is 1.31. The van der Waals surface area contributed by atoms with Gasteiger partial charge in [0, 0.05) is 31.8 Å². The molecule has 1 atom stereocenters. The van der Waals surface area contributed by atoms with Gasteiger partial charge in [-0.3, -0.25) is 0 Å². The van der Waals surface area contributed by atoms with Crippen LogP contribution in [0.3, 0.4) is 0 Å². The molecule has 0 spiro atoms. The highest BCUT2D eigenvalue weighted by atomic mass is 16.5. The summed E-state index contributed by atoms with van der Waals surface area (Å²) in [6, 6.07) is 8.09. The van der Waals surface area contributed by atoms with Gasteiger partial charge in [0.25, 0.3) is 0 Å². The second-order valence-corrected chi connectivity index (χ2v) is 5.90.